The second kappa shape index (κ2) is 3.69. The van der Waals surface area contributed by atoms with Crippen molar-refractivity contribution in [3.8, 4) is 5.75 Å². The van der Waals surface area contributed by atoms with E-state index in [9.17, 15) is 5.11 Å². The van der Waals surface area contributed by atoms with Crippen LogP contribution >= 0.6 is 0 Å². The molecule has 0 spiro atoms. The molecule has 0 unspecified atom stereocenters. The molecule has 0 saturated carbocycles. The number of aromatic amines is 1. The van der Waals surface area contributed by atoms with Gasteiger partial charge >= 0.3 is 0 Å². The van der Waals surface area contributed by atoms with E-state index < -0.39 is 0 Å². The van der Waals surface area contributed by atoms with Gasteiger partial charge in [0.2, 0.25) is 0 Å². The summed E-state index contributed by atoms with van der Waals surface area (Å²) in [5.74, 6) is 0.294. The van der Waals surface area contributed by atoms with Crippen molar-refractivity contribution in [1.82, 2.24) is 10.5 Å². The first-order valence-corrected chi connectivity index (χ1v) is 4.36. The molecule has 1 aromatic heterocycles. The van der Waals surface area contributed by atoms with Crippen molar-refractivity contribution in [2.75, 3.05) is 7.11 Å². The van der Waals surface area contributed by atoms with E-state index in [1.807, 2.05) is 18.2 Å². The SMILES string of the molecule is CONCc1cc2c(O)cccc2[nH]1. The average molecular weight is 192 g/mol. The summed E-state index contributed by atoms with van der Waals surface area (Å²) in [5.41, 5.74) is 4.64. The van der Waals surface area contributed by atoms with Gasteiger partial charge in [-0.25, -0.2) is 0 Å². The smallest absolute Gasteiger partial charge is 0.124 e. The lowest BCUT2D eigenvalue weighted by atomic mass is 10.2. The maximum absolute atomic E-state index is 9.54. The fraction of sp³-hybridized carbons (Fsp3) is 0.200. The summed E-state index contributed by atoms with van der Waals surface area (Å²) in [6, 6.07) is 7.30. The van der Waals surface area contributed by atoms with Crippen LogP contribution in [0.2, 0.25) is 0 Å². The molecule has 0 aliphatic heterocycles. The van der Waals surface area contributed by atoms with Crippen LogP contribution in [0.5, 0.6) is 5.75 Å². The highest BCUT2D eigenvalue weighted by molar-refractivity contribution is 5.86. The van der Waals surface area contributed by atoms with Crippen molar-refractivity contribution < 1.29 is 9.94 Å². The molecule has 4 heteroatoms. The molecule has 2 aromatic rings. The molecule has 4 nitrogen and oxygen atoms in total. The van der Waals surface area contributed by atoms with Gasteiger partial charge in [-0.1, -0.05) is 6.07 Å². The van der Waals surface area contributed by atoms with Gasteiger partial charge in [-0.2, -0.15) is 5.48 Å². The van der Waals surface area contributed by atoms with Gasteiger partial charge in [-0.15, -0.1) is 0 Å². The minimum Gasteiger partial charge on any atom is -0.507 e. The fourth-order valence-electron chi connectivity index (χ4n) is 1.44. The van der Waals surface area contributed by atoms with Crippen molar-refractivity contribution in [2.24, 2.45) is 0 Å². The monoisotopic (exact) mass is 192 g/mol. The van der Waals surface area contributed by atoms with Crippen molar-refractivity contribution in [2.45, 2.75) is 6.54 Å². The van der Waals surface area contributed by atoms with Crippen LogP contribution in [-0.2, 0) is 11.4 Å². The van der Waals surface area contributed by atoms with E-state index in [0.29, 0.717) is 12.3 Å². The van der Waals surface area contributed by atoms with E-state index >= 15 is 0 Å². The molecule has 1 heterocycles. The highest BCUT2D eigenvalue weighted by Crippen LogP contribution is 2.24. The quantitative estimate of drug-likeness (QED) is 0.646. The number of nitrogens with one attached hydrogen (secondary N) is 2. The third kappa shape index (κ3) is 1.57. The van der Waals surface area contributed by atoms with Crippen molar-refractivity contribution in [1.29, 1.82) is 0 Å². The summed E-state index contributed by atoms with van der Waals surface area (Å²) < 4.78 is 0. The molecule has 1 aromatic carbocycles. The Morgan fingerprint density at radius 3 is 3.07 bits per heavy atom. The van der Waals surface area contributed by atoms with Gasteiger partial charge in [-0.3, -0.25) is 0 Å². The zero-order valence-corrected chi connectivity index (χ0v) is 7.87. The molecular weight excluding hydrogens is 180 g/mol. The first-order chi connectivity index (χ1) is 6.81. The molecular formula is C10H12N2O2. The Morgan fingerprint density at radius 2 is 2.36 bits per heavy atom. The molecule has 0 aliphatic carbocycles. The maximum atomic E-state index is 9.54. The number of hydroxylamine groups is 1. The minimum atomic E-state index is 0.294. The van der Waals surface area contributed by atoms with Gasteiger partial charge in [0.25, 0.3) is 0 Å². The molecule has 74 valence electrons. The number of aromatic nitrogens is 1. The third-order valence-electron chi connectivity index (χ3n) is 2.10. The summed E-state index contributed by atoms with van der Waals surface area (Å²) in [6.45, 7) is 0.588. The summed E-state index contributed by atoms with van der Waals surface area (Å²) in [6.07, 6.45) is 0. The number of rotatable bonds is 3. The highest BCUT2D eigenvalue weighted by Gasteiger charge is 2.03. The topological polar surface area (TPSA) is 57.3 Å². The Balaban J connectivity index is 2.36. The van der Waals surface area contributed by atoms with Crippen LogP contribution in [0.3, 0.4) is 0 Å². The molecule has 0 atom stereocenters. The number of hydrogen-bond donors (Lipinski definition) is 3. The maximum Gasteiger partial charge on any atom is 0.124 e. The predicted molar refractivity (Wildman–Crippen MR) is 53.8 cm³/mol. The number of benzene rings is 1. The molecule has 0 saturated heterocycles. The van der Waals surface area contributed by atoms with Crippen molar-refractivity contribution >= 4 is 10.9 Å². The van der Waals surface area contributed by atoms with Crippen LogP contribution in [0.25, 0.3) is 10.9 Å². The highest BCUT2D eigenvalue weighted by atomic mass is 16.6. The second-order valence-corrected chi connectivity index (χ2v) is 3.06. The Morgan fingerprint density at radius 1 is 1.50 bits per heavy atom. The first kappa shape index (κ1) is 9.05. The Kier molecular flexibility index (Phi) is 2.39. The molecule has 0 aliphatic rings. The number of aromatic hydroxyl groups is 1. The Hall–Kier alpha value is -1.52. The van der Waals surface area contributed by atoms with Crippen molar-refractivity contribution in [3.63, 3.8) is 0 Å². The van der Waals surface area contributed by atoms with Gasteiger partial charge in [0.15, 0.2) is 0 Å². The minimum absolute atomic E-state index is 0.294. The number of phenols is 1. The van der Waals surface area contributed by atoms with Crippen LogP contribution < -0.4 is 5.48 Å². The van der Waals surface area contributed by atoms with E-state index in [0.717, 1.165) is 16.6 Å². The average Bonchev–Trinajstić information content (AvgIpc) is 2.59. The lowest BCUT2D eigenvalue weighted by molar-refractivity contribution is 0.0860. The third-order valence-corrected chi connectivity index (χ3v) is 2.10. The predicted octanol–water partition coefficient (Wildman–Crippen LogP) is 1.52. The van der Waals surface area contributed by atoms with Crippen molar-refractivity contribution in [3.05, 3.63) is 30.0 Å². The normalized spacial score (nSPS) is 10.9. The Labute approximate surface area is 81.5 Å². The number of fused-ring (bicyclic) bond motifs is 1. The largest absolute Gasteiger partial charge is 0.507 e. The van der Waals surface area contributed by atoms with Crippen LogP contribution in [0.4, 0.5) is 0 Å². The van der Waals surface area contributed by atoms with Crippen LogP contribution in [0, 0.1) is 0 Å². The number of hydrogen-bond acceptors (Lipinski definition) is 3. The molecule has 0 fully saturated rings. The summed E-state index contributed by atoms with van der Waals surface area (Å²) in [4.78, 5) is 7.91. The zero-order valence-electron chi connectivity index (χ0n) is 7.87. The molecule has 3 N–H and O–H groups in total. The molecule has 2 rings (SSSR count). The van der Waals surface area contributed by atoms with Gasteiger partial charge in [0.05, 0.1) is 13.7 Å². The van der Waals surface area contributed by atoms with E-state index in [2.05, 4.69) is 10.5 Å². The molecule has 0 bridgehead atoms. The van der Waals surface area contributed by atoms with E-state index in [1.165, 1.54) is 0 Å². The molecule has 0 radical (unpaired) electrons. The summed E-state index contributed by atoms with van der Waals surface area (Å²) in [5, 5.41) is 10.4. The first-order valence-electron chi connectivity index (χ1n) is 4.36. The lowest BCUT2D eigenvalue weighted by Gasteiger charge is -1.96. The Bertz CT molecular complexity index is 437. The molecule has 0 amide bonds. The number of phenolic OH excluding ortho intramolecular Hbond substituents is 1. The summed E-state index contributed by atoms with van der Waals surface area (Å²) >= 11 is 0. The standard InChI is InChI=1S/C10H12N2O2/c1-14-11-6-7-5-8-9(12-7)3-2-4-10(8)13/h2-5,11-13H,6H2,1H3. The lowest BCUT2D eigenvalue weighted by Crippen LogP contribution is -2.10. The second-order valence-electron chi connectivity index (χ2n) is 3.06. The van der Waals surface area contributed by atoms with Gasteiger partial charge in [0, 0.05) is 16.6 Å². The van der Waals surface area contributed by atoms with Crippen LogP contribution in [-0.4, -0.2) is 17.2 Å². The van der Waals surface area contributed by atoms with Gasteiger partial charge in [-0.05, 0) is 18.2 Å². The van der Waals surface area contributed by atoms with Gasteiger partial charge < -0.3 is 14.9 Å². The fourth-order valence-corrected chi connectivity index (χ4v) is 1.44. The van der Waals surface area contributed by atoms with E-state index in [-0.39, 0.29) is 0 Å². The van der Waals surface area contributed by atoms with Gasteiger partial charge in [0.1, 0.15) is 5.75 Å². The van der Waals surface area contributed by atoms with Crippen LogP contribution in [0.15, 0.2) is 24.3 Å². The van der Waals surface area contributed by atoms with E-state index in [1.54, 1.807) is 13.2 Å². The van der Waals surface area contributed by atoms with Crippen LogP contribution in [0.1, 0.15) is 5.69 Å². The zero-order chi connectivity index (χ0) is 9.97. The molecule has 14 heavy (non-hydrogen) atoms. The van der Waals surface area contributed by atoms with E-state index in [4.69, 9.17) is 4.84 Å². The summed E-state index contributed by atoms with van der Waals surface area (Å²) in [7, 11) is 1.57. The number of H-pyrrole nitrogens is 1.